The third-order valence-electron chi connectivity index (χ3n) is 4.10. The molecule has 1 unspecified atom stereocenters. The van der Waals surface area contributed by atoms with E-state index in [0.29, 0.717) is 18.4 Å². The smallest absolute Gasteiger partial charge is 0.128 e. The fourth-order valence-corrected chi connectivity index (χ4v) is 2.76. The van der Waals surface area contributed by atoms with Gasteiger partial charge < -0.3 is 24.2 Å². The van der Waals surface area contributed by atoms with Crippen LogP contribution < -0.4 is 9.47 Å². The van der Waals surface area contributed by atoms with Crippen LogP contribution >= 0.6 is 0 Å². The van der Waals surface area contributed by atoms with Crippen LogP contribution in [-0.4, -0.2) is 57.1 Å². The Labute approximate surface area is 126 Å². The number of rotatable bonds is 6. The summed E-state index contributed by atoms with van der Waals surface area (Å²) in [6, 6.07) is 5.51. The highest BCUT2D eigenvalue weighted by atomic mass is 16.5. The van der Waals surface area contributed by atoms with Crippen LogP contribution in [0.3, 0.4) is 0 Å². The predicted molar refractivity (Wildman–Crippen MR) is 81.0 cm³/mol. The van der Waals surface area contributed by atoms with Gasteiger partial charge in [0.1, 0.15) is 11.5 Å². The lowest BCUT2D eigenvalue weighted by molar-refractivity contribution is 0.0239. The molecule has 1 heterocycles. The molecule has 118 valence electrons. The van der Waals surface area contributed by atoms with Gasteiger partial charge in [-0.15, -0.1) is 0 Å². The summed E-state index contributed by atoms with van der Waals surface area (Å²) in [5.41, 5.74) is 0.798. The molecule has 0 spiro atoms. The first-order chi connectivity index (χ1) is 10.2. The first-order valence-corrected chi connectivity index (χ1v) is 7.33. The van der Waals surface area contributed by atoms with E-state index in [0.717, 1.165) is 37.2 Å². The summed E-state index contributed by atoms with van der Waals surface area (Å²) in [6.45, 7) is 2.52. The molecule has 1 N–H and O–H groups in total. The summed E-state index contributed by atoms with van der Waals surface area (Å²) in [4.78, 5) is 2.27. The molecule has 1 saturated heterocycles. The van der Waals surface area contributed by atoms with Crippen molar-refractivity contribution in [1.29, 1.82) is 0 Å². The highest BCUT2D eigenvalue weighted by Crippen LogP contribution is 2.30. The van der Waals surface area contributed by atoms with Crippen LogP contribution in [0.5, 0.6) is 11.5 Å². The number of hydrogen-bond donors (Lipinski definition) is 1. The Hall–Kier alpha value is -1.30. The lowest BCUT2D eigenvalue weighted by Gasteiger charge is -2.32. The summed E-state index contributed by atoms with van der Waals surface area (Å²) in [7, 11) is 4.98. The van der Waals surface area contributed by atoms with E-state index in [4.69, 9.17) is 14.2 Å². The zero-order valence-corrected chi connectivity index (χ0v) is 13.0. The van der Waals surface area contributed by atoms with Crippen LogP contribution in [0.25, 0.3) is 0 Å². The number of aliphatic hydroxyl groups excluding tert-OH is 1. The number of methoxy groups -OCH3 is 3. The standard InChI is InChI=1S/C16H25NO4/c1-19-12-6-8-17(9-7-12)11-15(18)14-5-4-13(20-2)10-16(14)21-3/h4-5,10,12,15,18H,6-9,11H2,1-3H3. The zero-order chi connectivity index (χ0) is 15.2. The van der Waals surface area contributed by atoms with E-state index < -0.39 is 6.10 Å². The lowest BCUT2D eigenvalue weighted by atomic mass is 10.0. The van der Waals surface area contributed by atoms with Gasteiger partial charge in [-0.1, -0.05) is 0 Å². The third kappa shape index (κ3) is 4.09. The van der Waals surface area contributed by atoms with Crippen molar-refractivity contribution in [1.82, 2.24) is 4.90 Å². The number of piperidine rings is 1. The second-order valence-corrected chi connectivity index (χ2v) is 5.36. The van der Waals surface area contributed by atoms with Crippen molar-refractivity contribution in [3.63, 3.8) is 0 Å². The Morgan fingerprint density at radius 1 is 1.19 bits per heavy atom. The van der Waals surface area contributed by atoms with Gasteiger partial charge in [-0.05, 0) is 25.0 Å². The minimum atomic E-state index is -0.565. The molecule has 0 bridgehead atoms. The molecule has 0 aromatic heterocycles. The first kappa shape index (κ1) is 16.1. The van der Waals surface area contributed by atoms with Gasteiger partial charge in [0.25, 0.3) is 0 Å². The van der Waals surface area contributed by atoms with Crippen molar-refractivity contribution in [3.8, 4) is 11.5 Å². The normalized spacial score (nSPS) is 18.5. The van der Waals surface area contributed by atoms with Gasteiger partial charge in [-0.2, -0.15) is 0 Å². The molecule has 1 aliphatic heterocycles. The van der Waals surface area contributed by atoms with Crippen LogP contribution in [-0.2, 0) is 4.74 Å². The number of hydrogen-bond acceptors (Lipinski definition) is 5. The fourth-order valence-electron chi connectivity index (χ4n) is 2.76. The maximum absolute atomic E-state index is 10.5. The molecule has 0 radical (unpaired) electrons. The molecule has 1 atom stereocenters. The molecular formula is C16H25NO4. The SMILES string of the molecule is COc1ccc(C(O)CN2CCC(OC)CC2)c(OC)c1. The Morgan fingerprint density at radius 2 is 1.90 bits per heavy atom. The number of ether oxygens (including phenoxy) is 3. The molecular weight excluding hydrogens is 270 g/mol. The van der Waals surface area contributed by atoms with Crippen molar-refractivity contribution >= 4 is 0 Å². The summed E-state index contributed by atoms with van der Waals surface area (Å²) in [5, 5.41) is 10.5. The molecule has 0 aliphatic carbocycles. The monoisotopic (exact) mass is 295 g/mol. The van der Waals surface area contributed by atoms with Gasteiger partial charge in [0.2, 0.25) is 0 Å². The van der Waals surface area contributed by atoms with Crippen LogP contribution in [0.1, 0.15) is 24.5 Å². The van der Waals surface area contributed by atoms with Gasteiger partial charge in [0.05, 0.1) is 26.4 Å². The topological polar surface area (TPSA) is 51.2 Å². The maximum Gasteiger partial charge on any atom is 0.128 e. The van der Waals surface area contributed by atoms with Crippen molar-refractivity contribution in [2.45, 2.75) is 25.0 Å². The highest BCUT2D eigenvalue weighted by Gasteiger charge is 2.22. The Bertz CT molecular complexity index is 444. The average molecular weight is 295 g/mol. The first-order valence-electron chi connectivity index (χ1n) is 7.33. The number of nitrogens with zero attached hydrogens (tertiary/aromatic N) is 1. The van der Waals surface area contributed by atoms with E-state index in [-0.39, 0.29) is 0 Å². The highest BCUT2D eigenvalue weighted by molar-refractivity contribution is 5.42. The Morgan fingerprint density at radius 3 is 2.48 bits per heavy atom. The minimum absolute atomic E-state index is 0.355. The quantitative estimate of drug-likeness (QED) is 0.868. The van der Waals surface area contributed by atoms with Crippen molar-refractivity contribution in [3.05, 3.63) is 23.8 Å². The van der Waals surface area contributed by atoms with Crippen LogP contribution in [0, 0.1) is 0 Å². The Kier molecular flexibility index (Phi) is 5.85. The molecule has 5 nitrogen and oxygen atoms in total. The molecule has 5 heteroatoms. The largest absolute Gasteiger partial charge is 0.497 e. The molecule has 0 amide bonds. The van der Waals surface area contributed by atoms with Crippen LogP contribution in [0.2, 0.25) is 0 Å². The van der Waals surface area contributed by atoms with E-state index in [9.17, 15) is 5.11 Å². The molecule has 1 aromatic carbocycles. The summed E-state index contributed by atoms with van der Waals surface area (Å²) < 4.78 is 15.9. The number of benzene rings is 1. The molecule has 1 aromatic rings. The van der Waals surface area contributed by atoms with Crippen molar-refractivity contribution < 1.29 is 19.3 Å². The van der Waals surface area contributed by atoms with E-state index in [1.807, 2.05) is 12.1 Å². The van der Waals surface area contributed by atoms with Crippen molar-refractivity contribution in [2.75, 3.05) is 41.0 Å². The molecule has 2 rings (SSSR count). The molecule has 1 fully saturated rings. The minimum Gasteiger partial charge on any atom is -0.497 e. The van der Waals surface area contributed by atoms with E-state index >= 15 is 0 Å². The summed E-state index contributed by atoms with van der Waals surface area (Å²) in [5.74, 6) is 1.39. The number of likely N-dealkylation sites (tertiary alicyclic amines) is 1. The average Bonchev–Trinajstić information content (AvgIpc) is 2.54. The van der Waals surface area contributed by atoms with Crippen molar-refractivity contribution in [2.24, 2.45) is 0 Å². The van der Waals surface area contributed by atoms with Gasteiger partial charge in [0.15, 0.2) is 0 Å². The second kappa shape index (κ2) is 7.64. The van der Waals surface area contributed by atoms with Gasteiger partial charge in [-0.25, -0.2) is 0 Å². The van der Waals surface area contributed by atoms with Gasteiger partial charge in [0, 0.05) is 38.4 Å². The molecule has 1 aliphatic rings. The lowest BCUT2D eigenvalue weighted by Crippen LogP contribution is -2.39. The summed E-state index contributed by atoms with van der Waals surface area (Å²) in [6.07, 6.45) is 1.82. The fraction of sp³-hybridized carbons (Fsp3) is 0.625. The van der Waals surface area contributed by atoms with E-state index in [1.165, 1.54) is 0 Å². The van der Waals surface area contributed by atoms with Crippen LogP contribution in [0.15, 0.2) is 18.2 Å². The van der Waals surface area contributed by atoms with E-state index in [2.05, 4.69) is 4.90 Å². The summed E-state index contributed by atoms with van der Waals surface area (Å²) >= 11 is 0. The van der Waals surface area contributed by atoms with Crippen LogP contribution in [0.4, 0.5) is 0 Å². The number of aliphatic hydroxyl groups is 1. The van der Waals surface area contributed by atoms with Gasteiger partial charge in [-0.3, -0.25) is 0 Å². The maximum atomic E-state index is 10.5. The molecule has 0 saturated carbocycles. The zero-order valence-electron chi connectivity index (χ0n) is 13.0. The Balaban J connectivity index is 1.98. The predicted octanol–water partition coefficient (Wildman–Crippen LogP) is 1.85. The second-order valence-electron chi connectivity index (χ2n) is 5.36. The van der Waals surface area contributed by atoms with E-state index in [1.54, 1.807) is 27.4 Å². The molecule has 21 heavy (non-hydrogen) atoms. The van der Waals surface area contributed by atoms with Gasteiger partial charge >= 0.3 is 0 Å². The third-order valence-corrected chi connectivity index (χ3v) is 4.10. The number of β-amino-alcohol motifs (C(OH)–C–C–N with tert-alkyl or cyclic N) is 1.